The SMILES string of the molecule is O=C(c1cc(F)cc(F)c1)c1ccccc1OC(F)F. The average Bonchev–Trinajstić information content (AvgIpc) is 2.36. The third-order valence-corrected chi connectivity index (χ3v) is 2.47. The van der Waals surface area contributed by atoms with Gasteiger partial charge < -0.3 is 4.74 Å². The van der Waals surface area contributed by atoms with Crippen LogP contribution in [-0.2, 0) is 0 Å². The molecule has 0 aliphatic carbocycles. The average molecular weight is 284 g/mol. The first-order valence-electron chi connectivity index (χ1n) is 5.52. The van der Waals surface area contributed by atoms with Crippen LogP contribution in [0.4, 0.5) is 17.6 Å². The van der Waals surface area contributed by atoms with E-state index in [0.717, 1.165) is 12.1 Å². The molecule has 0 amide bonds. The molecule has 0 saturated carbocycles. The highest BCUT2D eigenvalue weighted by molar-refractivity contribution is 6.10. The summed E-state index contributed by atoms with van der Waals surface area (Å²) in [6, 6.07) is 7.51. The summed E-state index contributed by atoms with van der Waals surface area (Å²) in [6.07, 6.45) is 0. The number of alkyl halides is 2. The largest absolute Gasteiger partial charge is 0.434 e. The van der Waals surface area contributed by atoms with Gasteiger partial charge in [0, 0.05) is 11.6 Å². The van der Waals surface area contributed by atoms with E-state index < -0.39 is 24.0 Å². The van der Waals surface area contributed by atoms with E-state index in [4.69, 9.17) is 0 Å². The lowest BCUT2D eigenvalue weighted by atomic mass is 10.0. The fourth-order valence-electron chi connectivity index (χ4n) is 1.69. The molecule has 0 aliphatic heterocycles. The van der Waals surface area contributed by atoms with Crippen LogP contribution in [0.2, 0.25) is 0 Å². The maximum Gasteiger partial charge on any atom is 0.387 e. The van der Waals surface area contributed by atoms with Crippen LogP contribution >= 0.6 is 0 Å². The molecule has 2 aromatic rings. The normalized spacial score (nSPS) is 10.7. The van der Waals surface area contributed by atoms with Crippen molar-refractivity contribution in [3.8, 4) is 5.75 Å². The summed E-state index contributed by atoms with van der Waals surface area (Å²) >= 11 is 0. The molecule has 20 heavy (non-hydrogen) atoms. The van der Waals surface area contributed by atoms with Crippen molar-refractivity contribution in [1.82, 2.24) is 0 Å². The monoisotopic (exact) mass is 284 g/mol. The standard InChI is InChI=1S/C14H8F4O2/c15-9-5-8(6-10(16)7-9)13(19)11-3-1-2-4-12(11)20-14(17)18/h1-7,14H. The first kappa shape index (κ1) is 14.0. The van der Waals surface area contributed by atoms with Gasteiger partial charge in [0.05, 0.1) is 5.56 Å². The molecule has 6 heteroatoms. The van der Waals surface area contributed by atoms with Gasteiger partial charge in [-0.3, -0.25) is 4.79 Å². The van der Waals surface area contributed by atoms with Crippen LogP contribution in [0.15, 0.2) is 42.5 Å². The van der Waals surface area contributed by atoms with Crippen LogP contribution in [0.5, 0.6) is 5.75 Å². The number of rotatable bonds is 4. The van der Waals surface area contributed by atoms with E-state index in [1.165, 1.54) is 24.3 Å². The lowest BCUT2D eigenvalue weighted by Crippen LogP contribution is -2.09. The van der Waals surface area contributed by atoms with E-state index in [2.05, 4.69) is 4.74 Å². The van der Waals surface area contributed by atoms with Crippen LogP contribution < -0.4 is 4.74 Å². The van der Waals surface area contributed by atoms with Gasteiger partial charge in [-0.15, -0.1) is 0 Å². The predicted octanol–water partition coefficient (Wildman–Crippen LogP) is 3.80. The molecule has 0 heterocycles. The van der Waals surface area contributed by atoms with E-state index in [-0.39, 0.29) is 16.9 Å². The predicted molar refractivity (Wildman–Crippen MR) is 62.9 cm³/mol. The molecule has 0 radical (unpaired) electrons. The van der Waals surface area contributed by atoms with E-state index in [1.807, 2.05) is 0 Å². The minimum atomic E-state index is -3.10. The Morgan fingerprint density at radius 2 is 1.60 bits per heavy atom. The van der Waals surface area contributed by atoms with Crippen molar-refractivity contribution in [2.45, 2.75) is 6.61 Å². The zero-order valence-electron chi connectivity index (χ0n) is 9.95. The summed E-state index contributed by atoms with van der Waals surface area (Å²) in [5, 5.41) is 0. The van der Waals surface area contributed by atoms with Crippen LogP contribution in [0.25, 0.3) is 0 Å². The molecule has 0 aliphatic rings. The molecule has 0 spiro atoms. The fraction of sp³-hybridized carbons (Fsp3) is 0.0714. The van der Waals surface area contributed by atoms with E-state index in [9.17, 15) is 22.4 Å². The molecule has 2 rings (SSSR count). The number of halogens is 4. The maximum absolute atomic E-state index is 13.1. The molecule has 0 aromatic heterocycles. The van der Waals surface area contributed by atoms with Crippen LogP contribution in [0.1, 0.15) is 15.9 Å². The number of para-hydroxylation sites is 1. The molecule has 0 atom stereocenters. The second-order valence-electron chi connectivity index (χ2n) is 3.86. The maximum atomic E-state index is 13.1. The first-order chi connectivity index (χ1) is 9.47. The highest BCUT2D eigenvalue weighted by Crippen LogP contribution is 2.24. The van der Waals surface area contributed by atoms with Crippen LogP contribution in [-0.4, -0.2) is 12.4 Å². The molecule has 104 valence electrons. The van der Waals surface area contributed by atoms with Gasteiger partial charge in [0.1, 0.15) is 17.4 Å². The highest BCUT2D eigenvalue weighted by atomic mass is 19.3. The van der Waals surface area contributed by atoms with Crippen molar-refractivity contribution in [3.63, 3.8) is 0 Å². The number of benzene rings is 2. The summed E-state index contributed by atoms with van der Waals surface area (Å²) in [5.74, 6) is -3.02. The molecule has 2 nitrogen and oxygen atoms in total. The van der Waals surface area contributed by atoms with Gasteiger partial charge in [-0.1, -0.05) is 12.1 Å². The van der Waals surface area contributed by atoms with Gasteiger partial charge in [0.2, 0.25) is 0 Å². The summed E-state index contributed by atoms with van der Waals surface area (Å²) in [6.45, 7) is -3.10. The quantitative estimate of drug-likeness (QED) is 0.630. The summed E-state index contributed by atoms with van der Waals surface area (Å²) in [7, 11) is 0. The molecule has 2 aromatic carbocycles. The second-order valence-corrected chi connectivity index (χ2v) is 3.86. The van der Waals surface area contributed by atoms with Gasteiger partial charge in [-0.05, 0) is 24.3 Å². The third-order valence-electron chi connectivity index (χ3n) is 2.47. The second kappa shape index (κ2) is 5.73. The minimum absolute atomic E-state index is 0.196. The molecule has 0 saturated heterocycles. The van der Waals surface area contributed by atoms with Gasteiger partial charge in [0.25, 0.3) is 0 Å². The van der Waals surface area contributed by atoms with Gasteiger partial charge in [0.15, 0.2) is 5.78 Å². The smallest absolute Gasteiger partial charge is 0.387 e. The number of hydrogen-bond donors (Lipinski definition) is 0. The summed E-state index contributed by atoms with van der Waals surface area (Å²) in [5.41, 5.74) is -0.481. The molecule has 0 N–H and O–H groups in total. The summed E-state index contributed by atoms with van der Waals surface area (Å²) < 4.78 is 54.8. The Balaban J connectivity index is 2.42. The Morgan fingerprint density at radius 3 is 2.20 bits per heavy atom. The Bertz CT molecular complexity index is 621. The van der Waals surface area contributed by atoms with Gasteiger partial charge in [-0.25, -0.2) is 8.78 Å². The Hall–Kier alpha value is -2.37. The molecule has 0 fully saturated rings. The topological polar surface area (TPSA) is 26.3 Å². The van der Waals surface area contributed by atoms with Crippen molar-refractivity contribution >= 4 is 5.78 Å². The highest BCUT2D eigenvalue weighted by Gasteiger charge is 2.18. The number of ether oxygens (including phenoxy) is 1. The number of ketones is 1. The Morgan fingerprint density at radius 1 is 1.00 bits per heavy atom. The van der Waals surface area contributed by atoms with Crippen molar-refractivity contribution < 1.29 is 27.1 Å². The van der Waals surface area contributed by atoms with Crippen molar-refractivity contribution in [2.75, 3.05) is 0 Å². The zero-order valence-corrected chi connectivity index (χ0v) is 9.95. The Kier molecular flexibility index (Phi) is 4.02. The lowest BCUT2D eigenvalue weighted by Gasteiger charge is -2.09. The Labute approximate surface area is 111 Å². The number of carbonyl (C=O) groups excluding carboxylic acids is 1. The summed E-state index contributed by atoms with van der Waals surface area (Å²) in [4.78, 5) is 12.1. The first-order valence-corrected chi connectivity index (χ1v) is 5.52. The van der Waals surface area contributed by atoms with Crippen LogP contribution in [0.3, 0.4) is 0 Å². The zero-order chi connectivity index (χ0) is 14.7. The fourth-order valence-corrected chi connectivity index (χ4v) is 1.69. The lowest BCUT2D eigenvalue weighted by molar-refractivity contribution is -0.0501. The van der Waals surface area contributed by atoms with Crippen LogP contribution in [0, 0.1) is 11.6 Å². The third kappa shape index (κ3) is 3.14. The molecule has 0 unspecified atom stereocenters. The molecular weight excluding hydrogens is 276 g/mol. The van der Waals surface area contributed by atoms with E-state index in [0.29, 0.717) is 6.07 Å². The van der Waals surface area contributed by atoms with Crippen molar-refractivity contribution in [1.29, 1.82) is 0 Å². The van der Waals surface area contributed by atoms with Gasteiger partial charge >= 0.3 is 6.61 Å². The minimum Gasteiger partial charge on any atom is -0.434 e. The molecular formula is C14H8F4O2. The van der Waals surface area contributed by atoms with E-state index in [1.54, 1.807) is 0 Å². The van der Waals surface area contributed by atoms with Crippen molar-refractivity contribution in [2.24, 2.45) is 0 Å². The molecule has 0 bridgehead atoms. The number of hydrogen-bond acceptors (Lipinski definition) is 2. The van der Waals surface area contributed by atoms with E-state index >= 15 is 0 Å². The number of carbonyl (C=O) groups is 1. The van der Waals surface area contributed by atoms with Gasteiger partial charge in [-0.2, -0.15) is 8.78 Å². The van der Waals surface area contributed by atoms with Crippen molar-refractivity contribution in [3.05, 3.63) is 65.2 Å².